The summed E-state index contributed by atoms with van der Waals surface area (Å²) in [4.78, 5) is 27.4. The molecule has 43 heavy (non-hydrogen) atoms. The number of carbonyl (C=O) groups excluding carboxylic acids is 2. The summed E-state index contributed by atoms with van der Waals surface area (Å²) in [5.74, 6) is -0.609. The standard InChI is InChI=1S/C34H57NO7S/c1-8-9-10-11-12-13-14-15-16-17-18-22-25-30(43(38,39)28-23-20-19-21-24-28)31(41-27(2)36)29-26-40-34(6,7)35(29)32(37)42-33(3,4)5/h19-21,23-24,29-31H,8-18,22,25-26H2,1-7H3/t29-,30?,31?/m0/s1. The molecule has 8 nitrogen and oxygen atoms in total. The highest BCUT2D eigenvalue weighted by Gasteiger charge is 2.53. The first-order valence-corrected chi connectivity index (χ1v) is 17.9. The largest absolute Gasteiger partial charge is 0.459 e. The van der Waals surface area contributed by atoms with E-state index in [1.165, 1.54) is 63.2 Å². The Labute approximate surface area is 261 Å². The zero-order valence-corrected chi connectivity index (χ0v) is 28.5. The number of nitrogens with zero attached hydrogens (tertiary/aromatic N) is 1. The maximum atomic E-state index is 14.1. The number of hydrogen-bond donors (Lipinski definition) is 0. The van der Waals surface area contributed by atoms with Crippen molar-refractivity contribution in [1.82, 2.24) is 4.90 Å². The topological polar surface area (TPSA) is 99.2 Å². The number of esters is 1. The Hall–Kier alpha value is -2.13. The van der Waals surface area contributed by atoms with Crippen molar-refractivity contribution in [2.45, 2.75) is 166 Å². The van der Waals surface area contributed by atoms with Gasteiger partial charge in [-0.1, -0.05) is 102 Å². The average molecular weight is 624 g/mol. The van der Waals surface area contributed by atoms with Gasteiger partial charge in [0.15, 0.2) is 9.84 Å². The van der Waals surface area contributed by atoms with Crippen LogP contribution in [0.3, 0.4) is 0 Å². The molecule has 1 aromatic carbocycles. The maximum Gasteiger partial charge on any atom is 0.413 e. The van der Waals surface area contributed by atoms with E-state index in [-0.39, 0.29) is 11.5 Å². The second-order valence-corrected chi connectivity index (χ2v) is 15.5. The van der Waals surface area contributed by atoms with Crippen molar-refractivity contribution in [3.8, 4) is 0 Å². The molecule has 0 spiro atoms. The summed E-state index contributed by atoms with van der Waals surface area (Å²) in [5, 5.41) is -1.06. The Morgan fingerprint density at radius 1 is 0.930 bits per heavy atom. The molecule has 3 atom stereocenters. The number of carbonyl (C=O) groups is 2. The van der Waals surface area contributed by atoms with Gasteiger partial charge in [-0.15, -0.1) is 0 Å². The molecule has 9 heteroatoms. The van der Waals surface area contributed by atoms with Gasteiger partial charge in [-0.2, -0.15) is 0 Å². The first-order chi connectivity index (χ1) is 20.2. The van der Waals surface area contributed by atoms with Crippen molar-refractivity contribution < 1.29 is 32.2 Å². The van der Waals surface area contributed by atoms with Gasteiger partial charge in [-0.3, -0.25) is 9.69 Å². The Morgan fingerprint density at radius 3 is 1.93 bits per heavy atom. The van der Waals surface area contributed by atoms with E-state index in [4.69, 9.17) is 14.2 Å². The van der Waals surface area contributed by atoms with E-state index in [2.05, 4.69) is 6.92 Å². The predicted molar refractivity (Wildman–Crippen MR) is 171 cm³/mol. The number of unbranched alkanes of at least 4 members (excludes halogenated alkanes) is 11. The Morgan fingerprint density at radius 2 is 1.44 bits per heavy atom. The van der Waals surface area contributed by atoms with Gasteiger partial charge in [0.05, 0.1) is 17.5 Å². The third kappa shape index (κ3) is 12.1. The molecule has 1 aliphatic heterocycles. The number of rotatable bonds is 18. The highest BCUT2D eigenvalue weighted by Crippen LogP contribution is 2.36. The van der Waals surface area contributed by atoms with Crippen LogP contribution in [0.25, 0.3) is 0 Å². The zero-order chi connectivity index (χ0) is 32.1. The van der Waals surface area contributed by atoms with E-state index < -0.39 is 50.6 Å². The van der Waals surface area contributed by atoms with Gasteiger partial charge in [0, 0.05) is 6.92 Å². The SMILES string of the molecule is CCCCCCCCCCCCCCC(C(OC(C)=O)[C@@H]1COC(C)(C)N1C(=O)OC(C)(C)C)S(=O)(=O)c1ccccc1. The third-order valence-electron chi connectivity index (χ3n) is 7.97. The summed E-state index contributed by atoms with van der Waals surface area (Å²) in [5.41, 5.74) is -1.86. The van der Waals surface area contributed by atoms with E-state index in [9.17, 15) is 18.0 Å². The predicted octanol–water partition coefficient (Wildman–Crippen LogP) is 8.22. The molecule has 0 radical (unpaired) electrons. The molecule has 1 aromatic rings. The molecule has 2 unspecified atom stereocenters. The van der Waals surface area contributed by atoms with Gasteiger partial charge >= 0.3 is 12.1 Å². The van der Waals surface area contributed by atoms with Crippen LogP contribution >= 0.6 is 0 Å². The lowest BCUT2D eigenvalue weighted by Crippen LogP contribution is -2.57. The van der Waals surface area contributed by atoms with Crippen LogP contribution in [-0.4, -0.2) is 60.7 Å². The number of ether oxygens (including phenoxy) is 3. The normalized spacial score (nSPS) is 18.3. The lowest BCUT2D eigenvalue weighted by atomic mass is 10.00. The van der Waals surface area contributed by atoms with E-state index in [1.54, 1.807) is 65.0 Å². The molecule has 0 aliphatic carbocycles. The summed E-state index contributed by atoms with van der Waals surface area (Å²) in [6.45, 7) is 12.3. The first kappa shape index (κ1) is 37.1. The van der Waals surface area contributed by atoms with Crippen LogP contribution in [-0.2, 0) is 28.8 Å². The molecule has 2 rings (SSSR count). The fourth-order valence-corrected chi connectivity index (χ4v) is 7.76. The minimum Gasteiger partial charge on any atom is -0.459 e. The molecular weight excluding hydrogens is 566 g/mol. The van der Waals surface area contributed by atoms with Crippen molar-refractivity contribution in [3.63, 3.8) is 0 Å². The second-order valence-electron chi connectivity index (χ2n) is 13.3. The zero-order valence-electron chi connectivity index (χ0n) is 27.7. The Balaban J connectivity index is 2.21. The van der Waals surface area contributed by atoms with Gasteiger partial charge in [0.1, 0.15) is 22.7 Å². The Kier molecular flexibility index (Phi) is 15.0. The first-order valence-electron chi connectivity index (χ1n) is 16.3. The number of amides is 1. The summed E-state index contributed by atoms with van der Waals surface area (Å²) in [6.07, 6.45) is 12.5. The second kappa shape index (κ2) is 17.4. The molecule has 1 aliphatic rings. The monoisotopic (exact) mass is 623 g/mol. The fraction of sp³-hybridized carbons (Fsp3) is 0.765. The highest BCUT2D eigenvalue weighted by molar-refractivity contribution is 7.92. The Bertz CT molecular complexity index is 1080. The van der Waals surface area contributed by atoms with Gasteiger partial charge in [-0.25, -0.2) is 13.2 Å². The molecule has 1 saturated heterocycles. The molecule has 1 heterocycles. The summed E-state index contributed by atoms with van der Waals surface area (Å²) in [6, 6.07) is 7.42. The minimum atomic E-state index is -3.93. The maximum absolute atomic E-state index is 14.1. The van der Waals surface area contributed by atoms with Crippen molar-refractivity contribution in [2.75, 3.05) is 6.61 Å². The number of sulfone groups is 1. The molecule has 0 bridgehead atoms. The van der Waals surface area contributed by atoms with Gasteiger partial charge in [0.25, 0.3) is 0 Å². The van der Waals surface area contributed by atoms with Gasteiger partial charge in [0.2, 0.25) is 0 Å². The van der Waals surface area contributed by atoms with Crippen LogP contribution in [0.15, 0.2) is 35.2 Å². The molecule has 0 saturated carbocycles. The molecular formula is C34H57NO7S. The summed E-state index contributed by atoms with van der Waals surface area (Å²) in [7, 11) is -3.93. The average Bonchev–Trinajstić information content (AvgIpc) is 3.24. The number of benzene rings is 1. The van der Waals surface area contributed by atoms with Crippen molar-refractivity contribution in [1.29, 1.82) is 0 Å². The van der Waals surface area contributed by atoms with Crippen LogP contribution in [0.1, 0.15) is 132 Å². The smallest absolute Gasteiger partial charge is 0.413 e. The molecule has 0 N–H and O–H groups in total. The van der Waals surface area contributed by atoms with Crippen LogP contribution in [0.5, 0.6) is 0 Å². The minimum absolute atomic E-state index is 0.0173. The van der Waals surface area contributed by atoms with Gasteiger partial charge in [-0.05, 0) is 53.2 Å². The van der Waals surface area contributed by atoms with Crippen LogP contribution in [0, 0.1) is 0 Å². The molecule has 1 fully saturated rings. The summed E-state index contributed by atoms with van der Waals surface area (Å²) < 4.78 is 45.8. The van der Waals surface area contributed by atoms with Crippen molar-refractivity contribution in [2.24, 2.45) is 0 Å². The lowest BCUT2D eigenvalue weighted by molar-refractivity contribution is -0.150. The van der Waals surface area contributed by atoms with Crippen LogP contribution in [0.4, 0.5) is 4.79 Å². The molecule has 0 aromatic heterocycles. The third-order valence-corrected chi connectivity index (χ3v) is 10.2. The van der Waals surface area contributed by atoms with E-state index in [1.807, 2.05) is 0 Å². The summed E-state index contributed by atoms with van der Waals surface area (Å²) >= 11 is 0. The van der Waals surface area contributed by atoms with Crippen molar-refractivity contribution in [3.05, 3.63) is 30.3 Å². The quantitative estimate of drug-likeness (QED) is 0.120. The van der Waals surface area contributed by atoms with E-state index >= 15 is 0 Å². The van der Waals surface area contributed by atoms with Gasteiger partial charge < -0.3 is 14.2 Å². The number of hydrogen-bond acceptors (Lipinski definition) is 7. The van der Waals surface area contributed by atoms with E-state index in [0.717, 1.165) is 19.3 Å². The highest BCUT2D eigenvalue weighted by atomic mass is 32.2. The van der Waals surface area contributed by atoms with Crippen LogP contribution < -0.4 is 0 Å². The lowest BCUT2D eigenvalue weighted by Gasteiger charge is -2.39. The van der Waals surface area contributed by atoms with Crippen LogP contribution in [0.2, 0.25) is 0 Å². The van der Waals surface area contributed by atoms with E-state index in [0.29, 0.717) is 12.8 Å². The fourth-order valence-electron chi connectivity index (χ4n) is 5.80. The van der Waals surface area contributed by atoms with Crippen molar-refractivity contribution >= 4 is 21.9 Å². The molecule has 246 valence electrons. The molecule has 1 amide bonds.